The van der Waals surface area contributed by atoms with Crippen LogP contribution >= 0.6 is 0 Å². The van der Waals surface area contributed by atoms with Gasteiger partial charge in [0.05, 0.1) is 9.82 Å². The lowest BCUT2D eigenvalue weighted by molar-refractivity contribution is -0.384. The molecule has 2 fully saturated rings. The van der Waals surface area contributed by atoms with Crippen LogP contribution in [0.5, 0.6) is 0 Å². The van der Waals surface area contributed by atoms with Crippen molar-refractivity contribution >= 4 is 21.4 Å². The van der Waals surface area contributed by atoms with Gasteiger partial charge in [0, 0.05) is 45.3 Å². The number of nitrogens with zero attached hydrogens (tertiary/aromatic N) is 4. The van der Waals surface area contributed by atoms with Gasteiger partial charge < -0.3 is 9.80 Å². The molecule has 0 bridgehead atoms. The number of rotatable bonds is 4. The summed E-state index contributed by atoms with van der Waals surface area (Å²) in [5, 5.41) is 11.5. The number of nitro groups is 1. The monoisotopic (exact) mass is 368 g/mol. The van der Waals surface area contributed by atoms with Crippen molar-refractivity contribution in [2.45, 2.75) is 24.2 Å². The smallest absolute Gasteiger partial charge is 0.293 e. The summed E-state index contributed by atoms with van der Waals surface area (Å²) in [6.07, 6.45) is 3.12. The lowest BCUT2D eigenvalue weighted by atomic mass is 10.1. The average molecular weight is 368 g/mol. The first-order valence-corrected chi connectivity index (χ1v) is 10.1. The Bertz CT molecular complexity index is 739. The van der Waals surface area contributed by atoms with Gasteiger partial charge in [-0.25, -0.2) is 8.42 Å². The van der Waals surface area contributed by atoms with Crippen LogP contribution in [-0.2, 0) is 10.0 Å². The van der Waals surface area contributed by atoms with Crippen molar-refractivity contribution in [3.8, 4) is 0 Å². The van der Waals surface area contributed by atoms with Crippen molar-refractivity contribution in [2.24, 2.45) is 0 Å². The number of piperidine rings is 1. The van der Waals surface area contributed by atoms with Gasteiger partial charge in [-0.05, 0) is 38.4 Å². The molecule has 0 spiro atoms. The quantitative estimate of drug-likeness (QED) is 0.592. The summed E-state index contributed by atoms with van der Waals surface area (Å²) in [5.41, 5.74) is 0.388. The molecule has 0 unspecified atom stereocenters. The highest BCUT2D eigenvalue weighted by Crippen LogP contribution is 2.33. The summed E-state index contributed by atoms with van der Waals surface area (Å²) < 4.78 is 27.1. The highest BCUT2D eigenvalue weighted by molar-refractivity contribution is 7.89. The van der Waals surface area contributed by atoms with E-state index in [0.29, 0.717) is 31.9 Å². The molecule has 0 saturated carbocycles. The van der Waals surface area contributed by atoms with E-state index in [1.165, 1.54) is 16.4 Å². The number of sulfonamides is 1. The first-order chi connectivity index (χ1) is 11.9. The summed E-state index contributed by atoms with van der Waals surface area (Å²) >= 11 is 0. The summed E-state index contributed by atoms with van der Waals surface area (Å²) in [4.78, 5) is 15.1. The van der Waals surface area contributed by atoms with Gasteiger partial charge in [0.2, 0.25) is 10.0 Å². The fourth-order valence-electron chi connectivity index (χ4n) is 3.39. The van der Waals surface area contributed by atoms with Gasteiger partial charge in [-0.3, -0.25) is 10.1 Å². The predicted octanol–water partition coefficient (Wildman–Crippen LogP) is 1.52. The standard InChI is InChI=1S/C16H24N4O4S/c1-17-9-11-19(12-10-17)25(23,24)14-5-6-15(16(13-14)20(21)22)18-7-3-2-4-8-18/h5-6,13H,2-4,7-12H2,1H3. The highest BCUT2D eigenvalue weighted by atomic mass is 32.2. The van der Waals surface area contributed by atoms with E-state index >= 15 is 0 Å². The number of benzene rings is 1. The molecule has 1 aromatic carbocycles. The second kappa shape index (κ2) is 7.27. The third-order valence-electron chi connectivity index (χ3n) is 4.94. The molecule has 3 rings (SSSR count). The molecule has 0 amide bonds. The lowest BCUT2D eigenvalue weighted by Crippen LogP contribution is -2.47. The molecule has 1 aromatic rings. The topological polar surface area (TPSA) is 87.0 Å². The maximum atomic E-state index is 12.8. The molecule has 0 aliphatic carbocycles. The van der Waals surface area contributed by atoms with Crippen LogP contribution in [0.3, 0.4) is 0 Å². The molecule has 8 nitrogen and oxygen atoms in total. The van der Waals surface area contributed by atoms with E-state index in [1.807, 2.05) is 11.9 Å². The second-order valence-corrected chi connectivity index (χ2v) is 8.60. The molecule has 9 heteroatoms. The number of hydrogen-bond donors (Lipinski definition) is 0. The van der Waals surface area contributed by atoms with Gasteiger partial charge in [-0.1, -0.05) is 0 Å². The molecule has 0 N–H and O–H groups in total. The Hall–Kier alpha value is -1.71. The van der Waals surface area contributed by atoms with Crippen molar-refractivity contribution in [1.29, 1.82) is 0 Å². The van der Waals surface area contributed by atoms with Gasteiger partial charge in [-0.15, -0.1) is 0 Å². The largest absolute Gasteiger partial charge is 0.366 e. The summed E-state index contributed by atoms with van der Waals surface area (Å²) in [6, 6.07) is 4.31. The summed E-state index contributed by atoms with van der Waals surface area (Å²) in [5.74, 6) is 0. The zero-order chi connectivity index (χ0) is 18.0. The molecule has 25 heavy (non-hydrogen) atoms. The van der Waals surface area contributed by atoms with Crippen LogP contribution in [-0.4, -0.2) is 68.9 Å². The van der Waals surface area contributed by atoms with Crippen molar-refractivity contribution in [3.63, 3.8) is 0 Å². The fraction of sp³-hybridized carbons (Fsp3) is 0.625. The molecule has 0 atom stereocenters. The molecular weight excluding hydrogens is 344 g/mol. The Morgan fingerprint density at radius 2 is 1.64 bits per heavy atom. The number of nitro benzene ring substituents is 1. The van der Waals surface area contributed by atoms with Gasteiger partial charge in [0.25, 0.3) is 5.69 Å². The number of piperazine rings is 1. The van der Waals surface area contributed by atoms with Crippen LogP contribution in [0.4, 0.5) is 11.4 Å². The normalized spacial score (nSPS) is 20.6. The van der Waals surface area contributed by atoms with Crippen LogP contribution in [0.15, 0.2) is 23.1 Å². The van der Waals surface area contributed by atoms with Crippen molar-refractivity contribution in [1.82, 2.24) is 9.21 Å². The van der Waals surface area contributed by atoms with Crippen molar-refractivity contribution < 1.29 is 13.3 Å². The molecular formula is C16H24N4O4S. The van der Waals surface area contributed by atoms with E-state index in [1.54, 1.807) is 6.07 Å². The maximum absolute atomic E-state index is 12.8. The van der Waals surface area contributed by atoms with E-state index in [4.69, 9.17) is 0 Å². The second-order valence-electron chi connectivity index (χ2n) is 6.66. The van der Waals surface area contributed by atoms with Gasteiger partial charge in [0.15, 0.2) is 0 Å². The van der Waals surface area contributed by atoms with E-state index in [2.05, 4.69) is 4.90 Å². The van der Waals surface area contributed by atoms with Gasteiger partial charge in [0.1, 0.15) is 5.69 Å². The lowest BCUT2D eigenvalue weighted by Gasteiger charge is -2.32. The van der Waals surface area contributed by atoms with Crippen LogP contribution in [0.2, 0.25) is 0 Å². The van der Waals surface area contributed by atoms with Gasteiger partial charge >= 0.3 is 0 Å². The predicted molar refractivity (Wildman–Crippen MR) is 95.4 cm³/mol. The molecule has 0 aromatic heterocycles. The Morgan fingerprint density at radius 3 is 2.24 bits per heavy atom. The highest BCUT2D eigenvalue weighted by Gasteiger charge is 2.30. The van der Waals surface area contributed by atoms with E-state index < -0.39 is 14.9 Å². The summed E-state index contributed by atoms with van der Waals surface area (Å²) in [6.45, 7) is 3.66. The van der Waals surface area contributed by atoms with Crippen molar-refractivity contribution in [2.75, 3.05) is 51.2 Å². The molecule has 138 valence electrons. The minimum atomic E-state index is -3.71. The van der Waals surface area contributed by atoms with Crippen molar-refractivity contribution in [3.05, 3.63) is 28.3 Å². The van der Waals surface area contributed by atoms with Crippen LogP contribution in [0.1, 0.15) is 19.3 Å². The fourth-order valence-corrected chi connectivity index (χ4v) is 4.83. The van der Waals surface area contributed by atoms with Crippen LogP contribution in [0, 0.1) is 10.1 Å². The Kier molecular flexibility index (Phi) is 5.26. The van der Waals surface area contributed by atoms with Gasteiger partial charge in [-0.2, -0.15) is 4.31 Å². The summed E-state index contributed by atoms with van der Waals surface area (Å²) in [7, 11) is -1.76. The van der Waals surface area contributed by atoms with Crippen LogP contribution < -0.4 is 4.90 Å². The Balaban J connectivity index is 1.92. The minimum Gasteiger partial charge on any atom is -0.366 e. The molecule has 2 aliphatic heterocycles. The minimum absolute atomic E-state index is 0.00418. The van der Waals surface area contributed by atoms with E-state index in [9.17, 15) is 18.5 Å². The third-order valence-corrected chi connectivity index (χ3v) is 6.83. The molecule has 2 aliphatic rings. The molecule has 0 radical (unpaired) electrons. The van der Waals surface area contributed by atoms with E-state index in [-0.39, 0.29) is 10.6 Å². The zero-order valence-corrected chi connectivity index (χ0v) is 15.2. The van der Waals surface area contributed by atoms with Crippen LogP contribution in [0.25, 0.3) is 0 Å². The number of anilines is 1. The zero-order valence-electron chi connectivity index (χ0n) is 14.4. The molecule has 2 saturated heterocycles. The average Bonchev–Trinajstić information content (AvgIpc) is 2.62. The maximum Gasteiger partial charge on any atom is 0.293 e. The third kappa shape index (κ3) is 3.78. The first-order valence-electron chi connectivity index (χ1n) is 8.62. The Labute approximate surface area is 148 Å². The van der Waals surface area contributed by atoms with E-state index in [0.717, 1.165) is 32.4 Å². The number of likely N-dealkylation sites (N-methyl/N-ethyl adjacent to an activating group) is 1. The SMILES string of the molecule is CN1CCN(S(=O)(=O)c2ccc(N3CCCCC3)c([N+](=O)[O-])c2)CC1. The Morgan fingerprint density at radius 1 is 1.00 bits per heavy atom. The molecule has 2 heterocycles. The number of hydrogen-bond acceptors (Lipinski definition) is 6. The first kappa shape index (κ1) is 18.1.